The molecule has 4 aliphatic carbocycles. The summed E-state index contributed by atoms with van der Waals surface area (Å²) in [6.07, 6.45) is 16.0. The van der Waals surface area contributed by atoms with Gasteiger partial charge in [0.1, 0.15) is 11.7 Å². The zero-order chi connectivity index (χ0) is 31.9. The number of allylic oxidation sites excluding steroid dienone is 1. The summed E-state index contributed by atoms with van der Waals surface area (Å²) in [7, 11) is 0. The van der Waals surface area contributed by atoms with Crippen LogP contribution in [0, 0.1) is 23.7 Å². The van der Waals surface area contributed by atoms with Crippen molar-refractivity contribution in [1.29, 1.82) is 0 Å². The Labute approximate surface area is 262 Å². The Morgan fingerprint density at radius 3 is 2.36 bits per heavy atom. The standard InChI is InChI=1S/C32H43N7O6/c1-2-6-22(28(41)32(45)36-21-11-12-21)37-30(43)25-19-9-10-20(15-19)26(25)38-24(40)17-35-31(44)27(18-7-4-3-5-8-18)39-29(42)23-16-33-13-14-34-23/h9-10,13-14,16,18-22,25-27H,2-8,11-12,15,17H2,1H3,(H,35,44)(H,36,45)(H,37,43)(H,38,40)(H,39,42)/t19-,20+,22?,25+,26-,27-/m0/s1. The van der Waals surface area contributed by atoms with Gasteiger partial charge < -0.3 is 26.6 Å². The van der Waals surface area contributed by atoms with E-state index in [-0.39, 0.29) is 41.9 Å². The number of ketones is 1. The molecule has 3 fully saturated rings. The summed E-state index contributed by atoms with van der Waals surface area (Å²) < 4.78 is 0. The van der Waals surface area contributed by atoms with Gasteiger partial charge in [-0.15, -0.1) is 0 Å². The fourth-order valence-electron chi connectivity index (χ4n) is 6.86. The third-order valence-corrected chi connectivity index (χ3v) is 9.35. The highest BCUT2D eigenvalue weighted by molar-refractivity contribution is 6.38. The highest BCUT2D eigenvalue weighted by Crippen LogP contribution is 2.44. The van der Waals surface area contributed by atoms with Crippen molar-refractivity contribution in [2.24, 2.45) is 23.7 Å². The highest BCUT2D eigenvalue weighted by Gasteiger charge is 2.49. The van der Waals surface area contributed by atoms with E-state index >= 15 is 0 Å². The van der Waals surface area contributed by atoms with Crippen molar-refractivity contribution in [1.82, 2.24) is 36.6 Å². The van der Waals surface area contributed by atoms with Crippen molar-refractivity contribution < 1.29 is 28.8 Å². The topological polar surface area (TPSA) is 188 Å². The smallest absolute Gasteiger partial charge is 0.289 e. The molecular weight excluding hydrogens is 578 g/mol. The number of rotatable bonds is 14. The first-order chi connectivity index (χ1) is 21.7. The van der Waals surface area contributed by atoms with E-state index in [0.717, 1.165) is 44.9 Å². The van der Waals surface area contributed by atoms with Gasteiger partial charge in [0.05, 0.1) is 24.7 Å². The van der Waals surface area contributed by atoms with Gasteiger partial charge in [0.2, 0.25) is 23.5 Å². The minimum absolute atomic E-state index is 0.0302. The van der Waals surface area contributed by atoms with Crippen LogP contribution in [0.3, 0.4) is 0 Å². The fourth-order valence-corrected chi connectivity index (χ4v) is 6.86. The minimum atomic E-state index is -0.936. The molecule has 13 heteroatoms. The number of Topliss-reactive ketones (excluding diaryl/α,β-unsaturated/α-hetero) is 1. The Morgan fingerprint density at radius 2 is 1.67 bits per heavy atom. The minimum Gasteiger partial charge on any atom is -0.350 e. The van der Waals surface area contributed by atoms with E-state index in [4.69, 9.17) is 0 Å². The molecule has 2 bridgehead atoms. The van der Waals surface area contributed by atoms with Crippen LogP contribution >= 0.6 is 0 Å². The van der Waals surface area contributed by atoms with Crippen LogP contribution in [0.4, 0.5) is 0 Å². The summed E-state index contributed by atoms with van der Waals surface area (Å²) in [4.78, 5) is 86.0. The van der Waals surface area contributed by atoms with Crippen LogP contribution in [-0.4, -0.2) is 76.0 Å². The maximum absolute atomic E-state index is 13.5. The lowest BCUT2D eigenvalue weighted by atomic mass is 9.83. The quantitative estimate of drug-likeness (QED) is 0.148. The van der Waals surface area contributed by atoms with Gasteiger partial charge in [-0.05, 0) is 56.3 Å². The van der Waals surface area contributed by atoms with Gasteiger partial charge in [-0.2, -0.15) is 0 Å². The predicted molar refractivity (Wildman–Crippen MR) is 162 cm³/mol. The third-order valence-electron chi connectivity index (χ3n) is 9.35. The number of hydrogen-bond acceptors (Lipinski definition) is 8. The van der Waals surface area contributed by atoms with Crippen LogP contribution in [0.25, 0.3) is 0 Å². The van der Waals surface area contributed by atoms with Gasteiger partial charge in [0.25, 0.3) is 11.8 Å². The molecule has 5 N–H and O–H groups in total. The summed E-state index contributed by atoms with van der Waals surface area (Å²) in [6, 6.07) is -2.26. The van der Waals surface area contributed by atoms with Crippen LogP contribution in [0.5, 0.6) is 0 Å². The van der Waals surface area contributed by atoms with Crippen molar-refractivity contribution in [3.8, 4) is 0 Å². The first kappa shape index (κ1) is 32.2. The number of fused-ring (bicyclic) bond motifs is 2. The van der Waals surface area contributed by atoms with Gasteiger partial charge in [-0.1, -0.05) is 44.8 Å². The Hall–Kier alpha value is -4.16. The molecule has 5 amide bonds. The van der Waals surface area contributed by atoms with Gasteiger partial charge in [-0.25, -0.2) is 4.98 Å². The lowest BCUT2D eigenvalue weighted by Crippen LogP contribution is -2.56. The van der Waals surface area contributed by atoms with Gasteiger partial charge >= 0.3 is 0 Å². The molecule has 0 saturated heterocycles. The zero-order valence-electron chi connectivity index (χ0n) is 25.6. The molecule has 1 aromatic heterocycles. The molecule has 4 aliphatic rings. The second-order valence-electron chi connectivity index (χ2n) is 12.7. The molecule has 0 aromatic carbocycles. The van der Waals surface area contributed by atoms with Crippen molar-refractivity contribution in [2.75, 3.05) is 6.54 Å². The van der Waals surface area contributed by atoms with Crippen LogP contribution in [0.15, 0.2) is 30.7 Å². The molecule has 3 saturated carbocycles. The number of hydrogen-bond donors (Lipinski definition) is 5. The summed E-state index contributed by atoms with van der Waals surface area (Å²) in [6.45, 7) is 1.55. The molecule has 13 nitrogen and oxygen atoms in total. The molecule has 45 heavy (non-hydrogen) atoms. The Kier molecular flexibility index (Phi) is 10.6. The molecule has 1 aromatic rings. The zero-order valence-corrected chi connectivity index (χ0v) is 25.6. The Morgan fingerprint density at radius 1 is 0.911 bits per heavy atom. The Bertz CT molecular complexity index is 1310. The van der Waals surface area contributed by atoms with Crippen LogP contribution in [0.2, 0.25) is 0 Å². The summed E-state index contributed by atoms with van der Waals surface area (Å²) >= 11 is 0. The monoisotopic (exact) mass is 621 g/mol. The maximum atomic E-state index is 13.5. The van der Waals surface area contributed by atoms with E-state index < -0.39 is 53.5 Å². The van der Waals surface area contributed by atoms with E-state index in [1.807, 2.05) is 19.1 Å². The van der Waals surface area contributed by atoms with E-state index in [9.17, 15) is 28.8 Å². The first-order valence-electron chi connectivity index (χ1n) is 16.2. The normalized spacial score (nSPS) is 25.1. The van der Waals surface area contributed by atoms with Crippen molar-refractivity contribution in [3.63, 3.8) is 0 Å². The second kappa shape index (κ2) is 14.7. The molecule has 1 unspecified atom stereocenters. The Balaban J connectivity index is 1.18. The van der Waals surface area contributed by atoms with Crippen molar-refractivity contribution in [3.05, 3.63) is 36.4 Å². The lowest BCUT2D eigenvalue weighted by Gasteiger charge is -2.31. The van der Waals surface area contributed by atoms with E-state index in [2.05, 4.69) is 36.6 Å². The maximum Gasteiger partial charge on any atom is 0.289 e. The number of carbonyl (C=O) groups excluding carboxylic acids is 6. The summed E-state index contributed by atoms with van der Waals surface area (Å²) in [5.41, 5.74) is 0.101. The average Bonchev–Trinajstić information content (AvgIpc) is 3.63. The number of nitrogens with zero attached hydrogens (tertiary/aromatic N) is 2. The van der Waals surface area contributed by atoms with E-state index in [1.54, 1.807) is 0 Å². The molecule has 5 rings (SSSR count). The molecule has 0 radical (unpaired) electrons. The molecule has 0 spiro atoms. The van der Waals surface area contributed by atoms with Crippen molar-refractivity contribution in [2.45, 2.75) is 95.3 Å². The van der Waals surface area contributed by atoms with Crippen LogP contribution < -0.4 is 26.6 Å². The molecule has 242 valence electrons. The van der Waals surface area contributed by atoms with Gasteiger partial charge in [-0.3, -0.25) is 33.8 Å². The average molecular weight is 622 g/mol. The number of carbonyl (C=O) groups is 6. The van der Waals surface area contributed by atoms with Gasteiger partial charge in [0.15, 0.2) is 0 Å². The van der Waals surface area contributed by atoms with Gasteiger partial charge in [0, 0.05) is 24.5 Å². The second-order valence-corrected chi connectivity index (χ2v) is 12.7. The van der Waals surface area contributed by atoms with Crippen LogP contribution in [-0.2, 0) is 24.0 Å². The molecular formula is C32H43N7O6. The number of aromatic nitrogens is 2. The number of amides is 5. The first-order valence-corrected chi connectivity index (χ1v) is 16.2. The fraction of sp³-hybridized carbons (Fsp3) is 0.625. The number of nitrogens with one attached hydrogen (secondary N) is 5. The SMILES string of the molecule is CCCC(NC(=O)[C@H]1[C@@H](NC(=O)CNC(=O)[C@@H](NC(=O)c2cnccn2)C2CCCCC2)[C@@H]2C=C[C@H]1C2)C(=O)C(=O)NC1CC1. The summed E-state index contributed by atoms with van der Waals surface area (Å²) in [5, 5.41) is 13.9. The van der Waals surface area contributed by atoms with E-state index in [1.165, 1.54) is 18.6 Å². The highest BCUT2D eigenvalue weighted by atomic mass is 16.2. The largest absolute Gasteiger partial charge is 0.350 e. The molecule has 1 heterocycles. The third kappa shape index (κ3) is 8.12. The van der Waals surface area contributed by atoms with E-state index in [0.29, 0.717) is 19.3 Å². The lowest BCUT2D eigenvalue weighted by molar-refractivity contribution is -0.140. The summed E-state index contributed by atoms with van der Waals surface area (Å²) in [5.74, 6) is -3.99. The van der Waals surface area contributed by atoms with Crippen molar-refractivity contribution >= 4 is 35.3 Å². The van der Waals surface area contributed by atoms with Crippen LogP contribution in [0.1, 0.15) is 81.6 Å². The molecule has 0 aliphatic heterocycles. The predicted octanol–water partition coefficient (Wildman–Crippen LogP) is 0.711. The molecule has 6 atom stereocenters.